The highest BCUT2D eigenvalue weighted by Gasteiger charge is 2.23. The van der Waals surface area contributed by atoms with Crippen molar-refractivity contribution in [2.24, 2.45) is 12.0 Å². The maximum Gasteiger partial charge on any atom is 0.192 e. The first-order valence-electron chi connectivity index (χ1n) is 9.70. The van der Waals surface area contributed by atoms with E-state index in [1.165, 1.54) is 25.7 Å². The molecule has 3 rings (SSSR count). The van der Waals surface area contributed by atoms with Crippen LogP contribution in [0, 0.1) is 6.92 Å². The van der Waals surface area contributed by atoms with Gasteiger partial charge in [0, 0.05) is 31.5 Å². The summed E-state index contributed by atoms with van der Waals surface area (Å²) in [5, 5.41) is 16.2. The van der Waals surface area contributed by atoms with Crippen LogP contribution in [-0.4, -0.2) is 57.5 Å². The smallest absolute Gasteiger partial charge is 0.192 e. The summed E-state index contributed by atoms with van der Waals surface area (Å²) in [6.45, 7) is 4.17. The molecule has 2 heterocycles. The second-order valence-electron chi connectivity index (χ2n) is 7.27. The second-order valence-corrected chi connectivity index (χ2v) is 8.41. The first kappa shape index (κ1) is 22.7. The number of aryl methyl sites for hydroxylation is 1. The molecule has 0 radical (unpaired) electrons. The molecule has 2 aliphatic rings. The van der Waals surface area contributed by atoms with E-state index in [-0.39, 0.29) is 24.0 Å². The van der Waals surface area contributed by atoms with Gasteiger partial charge in [0.25, 0.3) is 0 Å². The number of ether oxygens (including phenoxy) is 1. The molecule has 1 saturated carbocycles. The van der Waals surface area contributed by atoms with Gasteiger partial charge in [-0.2, -0.15) is 11.8 Å². The molecule has 1 saturated heterocycles. The fourth-order valence-electron chi connectivity index (χ4n) is 3.59. The lowest BCUT2D eigenvalue weighted by molar-refractivity contribution is 0.113. The summed E-state index contributed by atoms with van der Waals surface area (Å²) in [5.41, 5.74) is 0. The van der Waals surface area contributed by atoms with E-state index >= 15 is 0 Å². The van der Waals surface area contributed by atoms with Gasteiger partial charge in [-0.3, -0.25) is 0 Å². The predicted molar refractivity (Wildman–Crippen MR) is 122 cm³/mol. The Morgan fingerprint density at radius 3 is 2.81 bits per heavy atom. The van der Waals surface area contributed by atoms with E-state index in [0.717, 1.165) is 48.9 Å². The molecular weight excluding hydrogens is 475 g/mol. The normalized spacial score (nSPS) is 25.9. The fraction of sp³-hybridized carbons (Fsp3) is 0.833. The largest absolute Gasteiger partial charge is 0.376 e. The highest BCUT2D eigenvalue weighted by atomic mass is 127. The molecule has 1 aliphatic carbocycles. The van der Waals surface area contributed by atoms with Crippen LogP contribution < -0.4 is 10.6 Å². The van der Waals surface area contributed by atoms with Crippen molar-refractivity contribution in [3.63, 3.8) is 0 Å². The highest BCUT2D eigenvalue weighted by molar-refractivity contribution is 14.0. The van der Waals surface area contributed by atoms with Gasteiger partial charge in [-0.25, -0.2) is 4.99 Å². The molecule has 154 valence electrons. The van der Waals surface area contributed by atoms with Crippen molar-refractivity contribution in [2.45, 2.75) is 69.4 Å². The summed E-state index contributed by atoms with van der Waals surface area (Å²) in [6, 6.07) is 0.484. The molecule has 2 fully saturated rings. The van der Waals surface area contributed by atoms with Crippen molar-refractivity contribution >= 4 is 41.7 Å². The molecule has 27 heavy (non-hydrogen) atoms. The average molecular weight is 508 g/mol. The summed E-state index contributed by atoms with van der Waals surface area (Å²) < 4.78 is 7.73. The van der Waals surface area contributed by atoms with Crippen molar-refractivity contribution in [1.29, 1.82) is 0 Å². The van der Waals surface area contributed by atoms with Crippen LogP contribution in [0.25, 0.3) is 0 Å². The summed E-state index contributed by atoms with van der Waals surface area (Å²) in [7, 11) is 1.98. The lowest BCUT2D eigenvalue weighted by atomic mass is 9.95. The molecule has 1 aliphatic heterocycles. The first-order valence-corrected chi connectivity index (χ1v) is 11.0. The topological polar surface area (TPSA) is 76.4 Å². The van der Waals surface area contributed by atoms with Gasteiger partial charge >= 0.3 is 0 Å². The minimum Gasteiger partial charge on any atom is -0.376 e. The number of guanidine groups is 1. The van der Waals surface area contributed by atoms with Crippen LogP contribution in [0.1, 0.15) is 50.2 Å². The van der Waals surface area contributed by atoms with Crippen LogP contribution in [-0.2, 0) is 18.3 Å². The number of nitrogens with one attached hydrogen (secondary N) is 2. The lowest BCUT2D eigenvalue weighted by Gasteiger charge is -2.30. The Morgan fingerprint density at radius 1 is 1.30 bits per heavy atom. The number of halogens is 1. The zero-order valence-electron chi connectivity index (χ0n) is 16.6. The number of nitrogens with zero attached hydrogens (tertiary/aromatic N) is 4. The number of aliphatic imine (C=N–C) groups is 1. The lowest BCUT2D eigenvalue weighted by Crippen LogP contribution is -2.47. The van der Waals surface area contributed by atoms with Crippen LogP contribution >= 0.6 is 35.7 Å². The molecule has 0 spiro atoms. The van der Waals surface area contributed by atoms with Crippen LogP contribution in [0.3, 0.4) is 0 Å². The zero-order chi connectivity index (χ0) is 18.4. The standard InChI is InChI=1S/C18H32N6OS.HI/c1-13-22-23-17(24(13)2)12-20-18(19-11-15-7-5-9-25-15)21-14-6-4-8-16(10-14)26-3;/h14-16H,4-12H2,1-3H3,(H2,19,20,21);1H. The van der Waals surface area contributed by atoms with Crippen molar-refractivity contribution in [3.8, 4) is 0 Å². The molecule has 3 atom stereocenters. The van der Waals surface area contributed by atoms with Crippen molar-refractivity contribution in [2.75, 3.05) is 19.4 Å². The van der Waals surface area contributed by atoms with E-state index in [1.54, 1.807) is 0 Å². The molecular formula is C18H33IN6OS. The minimum atomic E-state index is 0. The number of thioether (sulfide) groups is 1. The minimum absolute atomic E-state index is 0. The monoisotopic (exact) mass is 508 g/mol. The van der Waals surface area contributed by atoms with Crippen molar-refractivity contribution in [3.05, 3.63) is 11.6 Å². The number of hydrogen-bond acceptors (Lipinski definition) is 5. The SMILES string of the molecule is CSC1CCCC(NC(=NCc2nnc(C)n2C)NCC2CCCO2)C1.I. The third kappa shape index (κ3) is 6.77. The van der Waals surface area contributed by atoms with Crippen LogP contribution in [0.5, 0.6) is 0 Å². The van der Waals surface area contributed by atoms with Crippen LogP contribution in [0.4, 0.5) is 0 Å². The Labute approximate surface area is 183 Å². The maximum atomic E-state index is 5.74. The predicted octanol–water partition coefficient (Wildman–Crippen LogP) is 2.63. The first-order chi connectivity index (χ1) is 12.7. The molecule has 0 bridgehead atoms. The number of hydrogen-bond donors (Lipinski definition) is 2. The van der Waals surface area contributed by atoms with Gasteiger partial charge in [-0.1, -0.05) is 6.42 Å². The van der Waals surface area contributed by atoms with Gasteiger partial charge in [0.15, 0.2) is 11.8 Å². The van der Waals surface area contributed by atoms with Crippen LogP contribution in [0.2, 0.25) is 0 Å². The Morgan fingerprint density at radius 2 is 2.15 bits per heavy atom. The van der Waals surface area contributed by atoms with Crippen molar-refractivity contribution < 1.29 is 4.74 Å². The van der Waals surface area contributed by atoms with E-state index in [1.807, 2.05) is 30.3 Å². The zero-order valence-corrected chi connectivity index (χ0v) is 19.8. The average Bonchev–Trinajstić information content (AvgIpc) is 3.29. The van der Waals surface area contributed by atoms with Gasteiger partial charge in [0.2, 0.25) is 0 Å². The molecule has 3 unspecified atom stereocenters. The summed E-state index contributed by atoms with van der Waals surface area (Å²) in [6.07, 6.45) is 9.81. The number of aromatic nitrogens is 3. The second kappa shape index (κ2) is 11.5. The molecule has 2 N–H and O–H groups in total. The fourth-order valence-corrected chi connectivity index (χ4v) is 4.42. The molecule has 1 aromatic rings. The van der Waals surface area contributed by atoms with Gasteiger partial charge in [0.05, 0.1) is 6.10 Å². The van der Waals surface area contributed by atoms with E-state index in [2.05, 4.69) is 27.1 Å². The van der Waals surface area contributed by atoms with E-state index in [9.17, 15) is 0 Å². The van der Waals surface area contributed by atoms with E-state index in [0.29, 0.717) is 18.7 Å². The molecule has 9 heteroatoms. The molecule has 1 aromatic heterocycles. The quantitative estimate of drug-likeness (QED) is 0.350. The maximum absolute atomic E-state index is 5.74. The third-order valence-corrected chi connectivity index (χ3v) is 6.48. The Kier molecular flexibility index (Phi) is 9.64. The Bertz CT molecular complexity index is 605. The highest BCUT2D eigenvalue weighted by Crippen LogP contribution is 2.26. The number of rotatable bonds is 6. The van der Waals surface area contributed by atoms with Gasteiger partial charge in [0.1, 0.15) is 12.4 Å². The molecule has 0 amide bonds. The molecule has 0 aromatic carbocycles. The van der Waals surface area contributed by atoms with Crippen LogP contribution in [0.15, 0.2) is 4.99 Å². The summed E-state index contributed by atoms with van der Waals surface area (Å²) in [5.74, 6) is 2.66. The van der Waals surface area contributed by atoms with E-state index < -0.39 is 0 Å². The summed E-state index contributed by atoms with van der Waals surface area (Å²) in [4.78, 5) is 4.78. The Hall–Kier alpha value is -0.550. The molecule has 7 nitrogen and oxygen atoms in total. The Balaban J connectivity index is 0.00000261. The summed E-state index contributed by atoms with van der Waals surface area (Å²) >= 11 is 1.98. The van der Waals surface area contributed by atoms with Gasteiger partial charge in [-0.05, 0) is 45.3 Å². The van der Waals surface area contributed by atoms with Crippen molar-refractivity contribution in [1.82, 2.24) is 25.4 Å². The third-order valence-electron chi connectivity index (χ3n) is 5.38. The van der Waals surface area contributed by atoms with E-state index in [4.69, 9.17) is 9.73 Å². The van der Waals surface area contributed by atoms with Gasteiger partial charge < -0.3 is 19.9 Å². The van der Waals surface area contributed by atoms with Gasteiger partial charge in [-0.15, -0.1) is 34.2 Å².